The minimum absolute atomic E-state index is 0.291. The van der Waals surface area contributed by atoms with E-state index in [9.17, 15) is 9.18 Å². The molecule has 0 atom stereocenters. The van der Waals surface area contributed by atoms with Crippen LogP contribution in [-0.2, 0) is 9.53 Å². The van der Waals surface area contributed by atoms with Crippen LogP contribution < -0.4 is 5.32 Å². The molecule has 2 aliphatic heterocycles. The fourth-order valence-corrected chi connectivity index (χ4v) is 3.26. The van der Waals surface area contributed by atoms with E-state index >= 15 is 0 Å². The smallest absolute Gasteiger partial charge is 0.260 e. The molecular formula is C21H19BrFNO2. The van der Waals surface area contributed by atoms with Crippen molar-refractivity contribution in [2.75, 3.05) is 5.32 Å². The average molecular weight is 416 g/mol. The van der Waals surface area contributed by atoms with Gasteiger partial charge in [-0.3, -0.25) is 4.79 Å². The normalized spacial score (nSPS) is 21.5. The summed E-state index contributed by atoms with van der Waals surface area (Å²) in [5.74, 6) is -0.200. The highest BCUT2D eigenvalue weighted by Crippen LogP contribution is 2.43. The number of halogens is 2. The van der Waals surface area contributed by atoms with Crippen LogP contribution in [0, 0.1) is 5.82 Å². The topological polar surface area (TPSA) is 38.3 Å². The molecule has 26 heavy (non-hydrogen) atoms. The highest BCUT2D eigenvalue weighted by Gasteiger charge is 2.38. The Labute approximate surface area is 160 Å². The number of carbonyl (C=O) groups is 1. The summed E-state index contributed by atoms with van der Waals surface area (Å²) in [4.78, 5) is 12.5. The highest BCUT2D eigenvalue weighted by atomic mass is 79.9. The number of anilines is 1. The molecule has 1 aromatic rings. The minimum atomic E-state index is -0.606. The minimum Gasteiger partial charge on any atom is -0.482 e. The highest BCUT2D eigenvalue weighted by molar-refractivity contribution is 9.11. The van der Waals surface area contributed by atoms with Gasteiger partial charge in [-0.25, -0.2) is 4.39 Å². The molecule has 0 saturated heterocycles. The number of allylic oxidation sites excluding steroid dienone is 5. The lowest BCUT2D eigenvalue weighted by Crippen LogP contribution is -2.23. The maximum Gasteiger partial charge on any atom is 0.260 e. The zero-order valence-electron chi connectivity index (χ0n) is 14.8. The first-order chi connectivity index (χ1) is 12.2. The van der Waals surface area contributed by atoms with Gasteiger partial charge >= 0.3 is 0 Å². The summed E-state index contributed by atoms with van der Waals surface area (Å²) in [5, 5.41) is 2.70. The summed E-state index contributed by atoms with van der Waals surface area (Å²) in [6, 6.07) is 4.25. The molecule has 2 heterocycles. The van der Waals surface area contributed by atoms with Gasteiger partial charge in [0.2, 0.25) is 0 Å². The van der Waals surface area contributed by atoms with E-state index in [4.69, 9.17) is 4.74 Å². The summed E-state index contributed by atoms with van der Waals surface area (Å²) < 4.78 is 20.3. The van der Waals surface area contributed by atoms with Crippen molar-refractivity contribution in [2.45, 2.75) is 26.4 Å². The van der Waals surface area contributed by atoms with Gasteiger partial charge in [-0.05, 0) is 56.7 Å². The molecule has 0 bridgehead atoms. The summed E-state index contributed by atoms with van der Waals surface area (Å²) in [6.45, 7) is 9.65. The van der Waals surface area contributed by atoms with Crippen molar-refractivity contribution in [3.05, 3.63) is 81.9 Å². The van der Waals surface area contributed by atoms with E-state index in [1.165, 1.54) is 12.1 Å². The Morgan fingerprint density at radius 3 is 2.73 bits per heavy atom. The van der Waals surface area contributed by atoms with Gasteiger partial charge in [-0.1, -0.05) is 34.7 Å². The number of amides is 1. The van der Waals surface area contributed by atoms with E-state index in [1.807, 2.05) is 45.1 Å². The molecule has 3 nitrogen and oxygen atoms in total. The van der Waals surface area contributed by atoms with E-state index in [-0.39, 0.29) is 5.91 Å². The number of hydrogen-bond donors (Lipinski definition) is 1. The van der Waals surface area contributed by atoms with Gasteiger partial charge in [0, 0.05) is 15.6 Å². The molecule has 3 rings (SSSR count). The van der Waals surface area contributed by atoms with Crippen molar-refractivity contribution < 1.29 is 13.9 Å². The number of hydrogen-bond acceptors (Lipinski definition) is 2. The van der Waals surface area contributed by atoms with E-state index < -0.39 is 11.4 Å². The van der Waals surface area contributed by atoms with Gasteiger partial charge in [0.15, 0.2) is 0 Å². The molecule has 5 heteroatoms. The van der Waals surface area contributed by atoms with Gasteiger partial charge in [-0.15, -0.1) is 0 Å². The molecule has 2 aliphatic rings. The predicted molar refractivity (Wildman–Crippen MR) is 106 cm³/mol. The molecule has 0 aliphatic carbocycles. The van der Waals surface area contributed by atoms with E-state index in [1.54, 1.807) is 6.07 Å². The van der Waals surface area contributed by atoms with Crippen molar-refractivity contribution in [1.29, 1.82) is 0 Å². The molecule has 0 fully saturated rings. The van der Waals surface area contributed by atoms with Crippen molar-refractivity contribution in [1.82, 2.24) is 0 Å². The number of benzene rings is 1. The Morgan fingerprint density at radius 1 is 1.35 bits per heavy atom. The van der Waals surface area contributed by atoms with E-state index in [2.05, 4.69) is 27.8 Å². The molecule has 0 spiro atoms. The van der Waals surface area contributed by atoms with Crippen LogP contribution in [-0.4, -0.2) is 11.5 Å². The standard InChI is InChI=1S/C21H19BrFNO2/c1-5-13(7-6-12(2)22)16-11-18(26-21(16,3)4)19-15-9-8-14(23)10-17(15)24-20(19)25/h5-11H,2H2,1,3-4H3,(H,24,25)/b7-6-,13-5+,19-18+. The maximum absolute atomic E-state index is 13.4. The second-order valence-corrected chi connectivity index (χ2v) is 7.60. The Morgan fingerprint density at radius 2 is 2.08 bits per heavy atom. The van der Waals surface area contributed by atoms with Gasteiger partial charge in [0.05, 0.1) is 11.3 Å². The van der Waals surface area contributed by atoms with Crippen LogP contribution in [0.4, 0.5) is 10.1 Å². The Hall–Kier alpha value is -2.40. The second kappa shape index (κ2) is 6.72. The quantitative estimate of drug-likeness (QED) is 0.512. The van der Waals surface area contributed by atoms with Gasteiger partial charge in [0.25, 0.3) is 5.91 Å². The fourth-order valence-electron chi connectivity index (χ4n) is 3.13. The second-order valence-electron chi connectivity index (χ2n) is 6.58. The van der Waals surface area contributed by atoms with Crippen LogP contribution in [0.2, 0.25) is 0 Å². The number of ether oxygens (including phenoxy) is 1. The SMILES string of the molecule is C=C(Br)/C=C\C(=C/C)C1=C/C(=C2\C(=O)Nc3cc(F)ccc32)OC1(C)C. The first kappa shape index (κ1) is 18.4. The molecule has 0 aromatic heterocycles. The van der Waals surface area contributed by atoms with Crippen molar-refractivity contribution >= 4 is 33.1 Å². The molecule has 1 N–H and O–H groups in total. The molecule has 0 radical (unpaired) electrons. The zero-order chi connectivity index (χ0) is 19.1. The molecular weight excluding hydrogens is 397 g/mol. The zero-order valence-corrected chi connectivity index (χ0v) is 16.4. The third kappa shape index (κ3) is 3.31. The Bertz CT molecular complexity index is 935. The molecule has 134 valence electrons. The van der Waals surface area contributed by atoms with Crippen LogP contribution >= 0.6 is 15.9 Å². The van der Waals surface area contributed by atoms with Crippen LogP contribution in [0.5, 0.6) is 0 Å². The van der Waals surface area contributed by atoms with Crippen LogP contribution in [0.3, 0.4) is 0 Å². The maximum atomic E-state index is 13.4. The fraction of sp³-hybridized carbons (Fsp3) is 0.190. The Balaban J connectivity index is 2.11. The lowest BCUT2D eigenvalue weighted by Gasteiger charge is -2.24. The lowest BCUT2D eigenvalue weighted by atomic mass is 9.91. The van der Waals surface area contributed by atoms with Crippen molar-refractivity contribution in [3.8, 4) is 0 Å². The number of rotatable bonds is 3. The first-order valence-electron chi connectivity index (χ1n) is 8.19. The van der Waals surface area contributed by atoms with Gasteiger partial charge < -0.3 is 10.1 Å². The van der Waals surface area contributed by atoms with E-state index in [0.717, 1.165) is 15.6 Å². The third-order valence-electron chi connectivity index (χ3n) is 4.33. The van der Waals surface area contributed by atoms with Crippen molar-refractivity contribution in [3.63, 3.8) is 0 Å². The monoisotopic (exact) mass is 415 g/mol. The number of carbonyl (C=O) groups excluding carboxylic acids is 1. The molecule has 0 unspecified atom stereocenters. The Kier molecular flexibility index (Phi) is 4.76. The summed E-state index contributed by atoms with van der Waals surface area (Å²) in [6.07, 6.45) is 7.66. The summed E-state index contributed by atoms with van der Waals surface area (Å²) in [5.41, 5.74) is 2.85. The number of nitrogens with one attached hydrogen (secondary N) is 1. The third-order valence-corrected chi connectivity index (χ3v) is 4.59. The van der Waals surface area contributed by atoms with Crippen LogP contribution in [0.1, 0.15) is 26.3 Å². The van der Waals surface area contributed by atoms with Crippen LogP contribution in [0.25, 0.3) is 5.57 Å². The number of fused-ring (bicyclic) bond motifs is 1. The van der Waals surface area contributed by atoms with Gasteiger partial charge in [0.1, 0.15) is 17.2 Å². The molecule has 0 saturated carbocycles. The first-order valence-corrected chi connectivity index (χ1v) is 8.98. The van der Waals surface area contributed by atoms with E-state index in [0.29, 0.717) is 22.6 Å². The summed E-state index contributed by atoms with van der Waals surface area (Å²) in [7, 11) is 0. The molecule has 1 aromatic carbocycles. The average Bonchev–Trinajstić information content (AvgIpc) is 3.03. The van der Waals surface area contributed by atoms with Crippen molar-refractivity contribution in [2.24, 2.45) is 0 Å². The van der Waals surface area contributed by atoms with Crippen LogP contribution in [0.15, 0.2) is 70.5 Å². The largest absolute Gasteiger partial charge is 0.482 e. The lowest BCUT2D eigenvalue weighted by molar-refractivity contribution is -0.111. The van der Waals surface area contributed by atoms with Gasteiger partial charge in [-0.2, -0.15) is 0 Å². The predicted octanol–water partition coefficient (Wildman–Crippen LogP) is 5.64. The summed E-state index contributed by atoms with van der Waals surface area (Å²) >= 11 is 3.31. The molecule has 1 amide bonds.